The second-order valence-corrected chi connectivity index (χ2v) is 13.0. The van der Waals surface area contributed by atoms with Gasteiger partial charge in [-0.2, -0.15) is 0 Å². The number of rotatable bonds is 11. The number of hydrogen-bond donors (Lipinski definition) is 3. The summed E-state index contributed by atoms with van der Waals surface area (Å²) in [5.74, 6) is 0.467. The second kappa shape index (κ2) is 19.2. The molecular weight excluding hydrogens is 614 g/mol. The lowest BCUT2D eigenvalue weighted by Crippen LogP contribution is -2.48. The zero-order valence-corrected chi connectivity index (χ0v) is 29.7. The number of hydrogen-bond acceptors (Lipinski definition) is 8. The molecule has 2 aromatic rings. The number of methoxy groups -OCH3 is 1. The van der Waals surface area contributed by atoms with Crippen molar-refractivity contribution in [3.05, 3.63) is 48.0 Å². The molecule has 3 N–H and O–H groups in total. The van der Waals surface area contributed by atoms with E-state index in [0.717, 1.165) is 25.8 Å². The Morgan fingerprint density at radius 3 is 2.44 bits per heavy atom. The number of carbonyl (C=O) groups excluding carboxylic acids is 3. The molecule has 0 aliphatic carbocycles. The van der Waals surface area contributed by atoms with Gasteiger partial charge in [-0.3, -0.25) is 9.59 Å². The Labute approximate surface area is 285 Å². The third-order valence-corrected chi connectivity index (χ3v) is 8.49. The van der Waals surface area contributed by atoms with E-state index in [1.807, 2.05) is 32.8 Å². The minimum atomic E-state index is -0.515. The number of fused-ring (bicyclic) bond motifs is 1. The summed E-state index contributed by atoms with van der Waals surface area (Å²) in [6.07, 6.45) is 2.93. The molecule has 2 aromatic carbocycles. The van der Waals surface area contributed by atoms with Crippen LogP contribution in [0.1, 0.15) is 63.2 Å². The van der Waals surface area contributed by atoms with Crippen molar-refractivity contribution in [2.45, 2.75) is 71.1 Å². The first-order chi connectivity index (χ1) is 22.9. The van der Waals surface area contributed by atoms with Crippen molar-refractivity contribution in [1.82, 2.24) is 14.7 Å². The second-order valence-electron chi connectivity index (χ2n) is 13.0. The van der Waals surface area contributed by atoms with Crippen LogP contribution in [-0.4, -0.2) is 117 Å². The summed E-state index contributed by atoms with van der Waals surface area (Å²) in [7, 11) is 7.23. The number of aliphatic hydroxyl groups excluding tert-OH is 1. The zero-order chi connectivity index (χ0) is 35.2. The van der Waals surface area contributed by atoms with Crippen LogP contribution in [0.5, 0.6) is 11.5 Å². The number of nitrogens with zero attached hydrogens (tertiary/aromatic N) is 3. The van der Waals surface area contributed by atoms with Gasteiger partial charge in [-0.05, 0) is 103 Å². The molecule has 48 heavy (non-hydrogen) atoms. The highest BCUT2D eigenvalue weighted by Gasteiger charge is 2.31. The number of anilines is 2. The number of nitrogens with one attached hydrogen (secondary N) is 2. The number of carbonyl (C=O) groups is 3. The Balaban J connectivity index is 1.85. The van der Waals surface area contributed by atoms with Crippen LogP contribution in [0, 0.1) is 5.92 Å². The third-order valence-electron chi connectivity index (χ3n) is 8.49. The number of amides is 4. The number of likely N-dealkylation sites (N-methyl/N-ethyl adjacent to an activating group) is 1. The Hall–Kier alpha value is -3.87. The van der Waals surface area contributed by atoms with Crippen LogP contribution in [0.2, 0.25) is 0 Å². The van der Waals surface area contributed by atoms with Gasteiger partial charge in [0.05, 0.1) is 37.5 Å². The quantitative estimate of drug-likeness (QED) is 0.307. The Kier molecular flexibility index (Phi) is 15.4. The van der Waals surface area contributed by atoms with E-state index in [9.17, 15) is 19.5 Å². The summed E-state index contributed by atoms with van der Waals surface area (Å²) in [5, 5.41) is 16.1. The van der Waals surface area contributed by atoms with E-state index in [4.69, 9.17) is 14.2 Å². The van der Waals surface area contributed by atoms with Crippen LogP contribution in [0.4, 0.5) is 16.2 Å². The van der Waals surface area contributed by atoms with E-state index in [2.05, 4.69) is 10.6 Å². The molecule has 1 aliphatic rings. The molecule has 0 radical (unpaired) electrons. The summed E-state index contributed by atoms with van der Waals surface area (Å²) in [5.41, 5.74) is 1.45. The van der Waals surface area contributed by atoms with Crippen molar-refractivity contribution in [3.63, 3.8) is 0 Å². The van der Waals surface area contributed by atoms with E-state index in [0.29, 0.717) is 54.4 Å². The lowest BCUT2D eigenvalue weighted by Gasteiger charge is -2.35. The van der Waals surface area contributed by atoms with Gasteiger partial charge in [-0.15, -0.1) is 0 Å². The third kappa shape index (κ3) is 12.0. The molecule has 0 saturated carbocycles. The minimum absolute atomic E-state index is 0.131. The molecule has 0 aromatic heterocycles. The summed E-state index contributed by atoms with van der Waals surface area (Å²) >= 11 is 0. The zero-order valence-electron chi connectivity index (χ0n) is 29.7. The van der Waals surface area contributed by atoms with Gasteiger partial charge in [0, 0.05) is 50.5 Å². The number of ether oxygens (including phenoxy) is 3. The first-order valence-electron chi connectivity index (χ1n) is 16.9. The van der Waals surface area contributed by atoms with Crippen LogP contribution >= 0.6 is 0 Å². The fourth-order valence-electron chi connectivity index (χ4n) is 5.49. The van der Waals surface area contributed by atoms with Crippen LogP contribution < -0.4 is 20.1 Å². The van der Waals surface area contributed by atoms with Gasteiger partial charge in [0.25, 0.3) is 5.91 Å². The number of benzene rings is 2. The Bertz CT molecular complexity index is 1320. The van der Waals surface area contributed by atoms with Crippen molar-refractivity contribution in [2.24, 2.45) is 5.92 Å². The monoisotopic (exact) mass is 669 g/mol. The standard InChI is InChI=1S/C36H55N5O7/c1-25-22-41(26(2)24-42)35(44)31-21-29(37-34(43)12-10-19-39(4)5)15-18-32(31)48-27(3)11-8-9-20-47-33(25)23-40(6)36(45)38-28-13-16-30(46-7)17-14-28/h13-18,21,25-27,33,42H,8-12,19-20,22-24H2,1-7H3,(H,37,43)(H,38,45)/t25-,26+,27-,33-/m1/s1. The van der Waals surface area contributed by atoms with Crippen molar-refractivity contribution in [3.8, 4) is 11.5 Å². The maximum Gasteiger partial charge on any atom is 0.321 e. The minimum Gasteiger partial charge on any atom is -0.497 e. The normalized spacial score (nSPS) is 19.8. The molecule has 12 nitrogen and oxygen atoms in total. The maximum atomic E-state index is 14.3. The van der Waals surface area contributed by atoms with E-state index in [-0.39, 0.29) is 49.1 Å². The van der Waals surface area contributed by atoms with Crippen molar-refractivity contribution in [2.75, 3.05) is 71.7 Å². The molecule has 4 amide bonds. The van der Waals surface area contributed by atoms with Crippen molar-refractivity contribution < 1.29 is 33.7 Å². The molecule has 3 rings (SSSR count). The predicted molar refractivity (Wildman–Crippen MR) is 188 cm³/mol. The summed E-state index contributed by atoms with van der Waals surface area (Å²) in [4.78, 5) is 45.4. The molecule has 0 bridgehead atoms. The molecule has 0 saturated heterocycles. The van der Waals surface area contributed by atoms with Gasteiger partial charge in [0.15, 0.2) is 0 Å². The lowest BCUT2D eigenvalue weighted by atomic mass is 10.0. The van der Waals surface area contributed by atoms with Gasteiger partial charge in [0.1, 0.15) is 11.5 Å². The van der Waals surface area contributed by atoms with Crippen LogP contribution in [-0.2, 0) is 9.53 Å². The molecule has 0 unspecified atom stereocenters. The van der Waals surface area contributed by atoms with E-state index >= 15 is 0 Å². The molecular formula is C36H55N5O7. The summed E-state index contributed by atoms with van der Waals surface area (Å²) in [6, 6.07) is 11.4. The predicted octanol–water partition coefficient (Wildman–Crippen LogP) is 4.93. The van der Waals surface area contributed by atoms with E-state index < -0.39 is 6.04 Å². The van der Waals surface area contributed by atoms with Gasteiger partial charge in [-0.1, -0.05) is 6.92 Å². The average Bonchev–Trinajstić information content (AvgIpc) is 3.06. The van der Waals surface area contributed by atoms with Gasteiger partial charge in [0.2, 0.25) is 5.91 Å². The molecule has 4 atom stereocenters. The van der Waals surface area contributed by atoms with Crippen molar-refractivity contribution in [1.29, 1.82) is 0 Å². The molecule has 0 fully saturated rings. The molecule has 266 valence electrons. The number of urea groups is 1. The highest BCUT2D eigenvalue weighted by molar-refractivity contribution is 5.99. The topological polar surface area (TPSA) is 133 Å². The van der Waals surface area contributed by atoms with Crippen LogP contribution in [0.15, 0.2) is 42.5 Å². The Morgan fingerprint density at radius 2 is 1.77 bits per heavy atom. The fourth-order valence-corrected chi connectivity index (χ4v) is 5.49. The summed E-state index contributed by atoms with van der Waals surface area (Å²) in [6.45, 7) is 7.33. The maximum absolute atomic E-state index is 14.3. The van der Waals surface area contributed by atoms with Gasteiger partial charge >= 0.3 is 6.03 Å². The number of aliphatic hydroxyl groups is 1. The highest BCUT2D eigenvalue weighted by atomic mass is 16.5. The largest absolute Gasteiger partial charge is 0.497 e. The SMILES string of the molecule is COc1ccc(NC(=O)N(C)C[C@H]2OCCCC[C@@H](C)Oc3ccc(NC(=O)CCCN(C)C)cc3C(=O)N([C@@H](C)CO)C[C@H]2C)cc1. The van der Waals surface area contributed by atoms with Crippen LogP contribution in [0.25, 0.3) is 0 Å². The molecule has 12 heteroatoms. The average molecular weight is 670 g/mol. The van der Waals surface area contributed by atoms with Gasteiger partial charge in [-0.25, -0.2) is 4.79 Å². The fraction of sp³-hybridized carbons (Fsp3) is 0.583. The smallest absolute Gasteiger partial charge is 0.321 e. The Morgan fingerprint density at radius 1 is 1.06 bits per heavy atom. The van der Waals surface area contributed by atoms with Gasteiger partial charge < -0.3 is 44.7 Å². The molecule has 1 heterocycles. The first-order valence-corrected chi connectivity index (χ1v) is 16.9. The van der Waals surface area contributed by atoms with E-state index in [1.54, 1.807) is 73.3 Å². The van der Waals surface area contributed by atoms with Crippen LogP contribution in [0.3, 0.4) is 0 Å². The first kappa shape index (κ1) is 38.6. The van der Waals surface area contributed by atoms with E-state index in [1.165, 1.54) is 0 Å². The lowest BCUT2D eigenvalue weighted by molar-refractivity contribution is -0.116. The van der Waals surface area contributed by atoms with Crippen molar-refractivity contribution >= 4 is 29.2 Å². The molecule has 0 spiro atoms. The molecule has 1 aliphatic heterocycles. The summed E-state index contributed by atoms with van der Waals surface area (Å²) < 4.78 is 17.9. The highest BCUT2D eigenvalue weighted by Crippen LogP contribution is 2.29.